The summed E-state index contributed by atoms with van der Waals surface area (Å²) in [6.07, 6.45) is 4.32. The Morgan fingerprint density at radius 2 is 2.15 bits per heavy atom. The molecule has 1 unspecified atom stereocenters. The minimum absolute atomic E-state index is 0.0521. The van der Waals surface area contributed by atoms with Crippen LogP contribution in [0.5, 0.6) is 0 Å². The first-order chi connectivity index (χ1) is 9.74. The molecule has 3 rings (SSSR count). The van der Waals surface area contributed by atoms with Crippen LogP contribution in [0.4, 0.5) is 0 Å². The summed E-state index contributed by atoms with van der Waals surface area (Å²) in [5.74, 6) is 1.50. The number of nitrogens with zero attached hydrogens (tertiary/aromatic N) is 2. The predicted octanol–water partition coefficient (Wildman–Crippen LogP) is 3.80. The zero-order chi connectivity index (χ0) is 13.9. The Balaban J connectivity index is 1.77. The van der Waals surface area contributed by atoms with Gasteiger partial charge in [0.1, 0.15) is 5.78 Å². The molecule has 104 valence electrons. The highest BCUT2D eigenvalue weighted by molar-refractivity contribution is 9.10. The van der Waals surface area contributed by atoms with Crippen LogP contribution in [0.25, 0.3) is 11.4 Å². The van der Waals surface area contributed by atoms with E-state index in [2.05, 4.69) is 26.1 Å². The zero-order valence-electron chi connectivity index (χ0n) is 11.0. The van der Waals surface area contributed by atoms with E-state index in [1.807, 2.05) is 24.3 Å². The molecule has 0 N–H and O–H groups in total. The molecule has 0 amide bonds. The third kappa shape index (κ3) is 2.82. The molecule has 4 nitrogen and oxygen atoms in total. The molecule has 1 aromatic heterocycles. The van der Waals surface area contributed by atoms with Crippen LogP contribution in [0, 0.1) is 5.92 Å². The number of Topliss-reactive ketones (excluding diaryl/α,β-unsaturated/α-hetero) is 1. The number of aromatic nitrogens is 2. The Labute approximate surface area is 125 Å². The number of carbonyl (C=O) groups excluding carboxylic acids is 1. The maximum atomic E-state index is 11.8. The summed E-state index contributed by atoms with van der Waals surface area (Å²) < 4.78 is 6.22. The molecule has 1 saturated carbocycles. The Kier molecular flexibility index (Phi) is 3.96. The number of halogens is 1. The number of rotatable bonds is 3. The van der Waals surface area contributed by atoms with Crippen LogP contribution in [-0.4, -0.2) is 15.9 Å². The SMILES string of the molecule is O=C1CCCCC1Cc1nc(-c2ccccc2Br)no1. The van der Waals surface area contributed by atoms with Crippen molar-refractivity contribution in [1.29, 1.82) is 0 Å². The second-order valence-electron chi connectivity index (χ2n) is 5.10. The first kappa shape index (κ1) is 13.5. The highest BCUT2D eigenvalue weighted by Gasteiger charge is 2.25. The fourth-order valence-electron chi connectivity index (χ4n) is 2.57. The molecule has 1 aliphatic carbocycles. The monoisotopic (exact) mass is 334 g/mol. The van der Waals surface area contributed by atoms with Crippen LogP contribution in [0.2, 0.25) is 0 Å². The molecule has 0 aliphatic heterocycles. The summed E-state index contributed by atoms with van der Waals surface area (Å²) >= 11 is 3.47. The molecule has 1 atom stereocenters. The van der Waals surface area contributed by atoms with Gasteiger partial charge in [-0.05, 0) is 25.0 Å². The Bertz CT molecular complexity index is 624. The average Bonchev–Trinajstić information content (AvgIpc) is 2.90. The molecule has 0 radical (unpaired) electrons. The molecular formula is C15H15BrN2O2. The Morgan fingerprint density at radius 3 is 2.95 bits per heavy atom. The van der Waals surface area contributed by atoms with E-state index in [4.69, 9.17) is 4.52 Å². The lowest BCUT2D eigenvalue weighted by atomic mass is 9.86. The van der Waals surface area contributed by atoms with Gasteiger partial charge in [0.05, 0.1) is 0 Å². The summed E-state index contributed by atoms with van der Waals surface area (Å²) in [6.45, 7) is 0. The molecule has 5 heteroatoms. The van der Waals surface area contributed by atoms with Crippen molar-refractivity contribution in [3.8, 4) is 11.4 Å². The van der Waals surface area contributed by atoms with Crippen molar-refractivity contribution >= 4 is 21.7 Å². The Hall–Kier alpha value is -1.49. The lowest BCUT2D eigenvalue weighted by molar-refractivity contribution is -0.124. The smallest absolute Gasteiger partial charge is 0.227 e. The van der Waals surface area contributed by atoms with Gasteiger partial charge in [-0.1, -0.05) is 39.6 Å². The molecule has 1 aliphatic rings. The predicted molar refractivity (Wildman–Crippen MR) is 78.1 cm³/mol. The van der Waals surface area contributed by atoms with Crippen LogP contribution in [0.15, 0.2) is 33.3 Å². The molecule has 0 saturated heterocycles. The number of carbonyl (C=O) groups is 1. The van der Waals surface area contributed by atoms with E-state index >= 15 is 0 Å². The summed E-state index contributed by atoms with van der Waals surface area (Å²) in [5.41, 5.74) is 0.900. The van der Waals surface area contributed by atoms with Crippen LogP contribution >= 0.6 is 15.9 Å². The number of hydrogen-bond donors (Lipinski definition) is 0. The van der Waals surface area contributed by atoms with Crippen molar-refractivity contribution in [2.45, 2.75) is 32.1 Å². The third-order valence-electron chi connectivity index (χ3n) is 3.68. The molecule has 1 heterocycles. The highest BCUT2D eigenvalue weighted by Crippen LogP contribution is 2.27. The maximum Gasteiger partial charge on any atom is 0.227 e. The lowest BCUT2D eigenvalue weighted by Gasteiger charge is -2.18. The standard InChI is InChI=1S/C15H15BrN2O2/c16-12-7-3-2-6-11(12)15-17-14(20-18-15)9-10-5-1-4-8-13(10)19/h2-3,6-7,10H,1,4-5,8-9H2. The van der Waals surface area contributed by atoms with Crippen molar-refractivity contribution in [1.82, 2.24) is 10.1 Å². The minimum atomic E-state index is 0.0521. The summed E-state index contributed by atoms with van der Waals surface area (Å²) in [7, 11) is 0. The summed E-state index contributed by atoms with van der Waals surface area (Å²) in [4.78, 5) is 16.2. The van der Waals surface area contributed by atoms with Crippen LogP contribution < -0.4 is 0 Å². The average molecular weight is 335 g/mol. The van der Waals surface area contributed by atoms with Crippen LogP contribution in [-0.2, 0) is 11.2 Å². The molecule has 2 aromatic rings. The topological polar surface area (TPSA) is 56.0 Å². The van der Waals surface area contributed by atoms with Gasteiger partial charge in [0, 0.05) is 28.8 Å². The van der Waals surface area contributed by atoms with E-state index in [1.165, 1.54) is 0 Å². The van der Waals surface area contributed by atoms with Gasteiger partial charge in [0.2, 0.25) is 11.7 Å². The second-order valence-corrected chi connectivity index (χ2v) is 5.96. The molecule has 0 bridgehead atoms. The van der Waals surface area contributed by atoms with Gasteiger partial charge in [-0.3, -0.25) is 4.79 Å². The van der Waals surface area contributed by atoms with Crippen LogP contribution in [0.1, 0.15) is 31.6 Å². The van der Waals surface area contributed by atoms with Crippen LogP contribution in [0.3, 0.4) is 0 Å². The van der Waals surface area contributed by atoms with Crippen molar-refractivity contribution < 1.29 is 9.32 Å². The van der Waals surface area contributed by atoms with E-state index in [0.717, 1.165) is 29.3 Å². The largest absolute Gasteiger partial charge is 0.339 e. The first-order valence-corrected chi connectivity index (χ1v) is 7.63. The fourth-order valence-corrected chi connectivity index (χ4v) is 3.03. The van der Waals surface area contributed by atoms with Gasteiger partial charge in [0.25, 0.3) is 0 Å². The highest BCUT2D eigenvalue weighted by atomic mass is 79.9. The molecule has 20 heavy (non-hydrogen) atoms. The van der Waals surface area contributed by atoms with E-state index < -0.39 is 0 Å². The fraction of sp³-hybridized carbons (Fsp3) is 0.400. The molecule has 0 spiro atoms. The minimum Gasteiger partial charge on any atom is -0.339 e. The van der Waals surface area contributed by atoms with Crippen molar-refractivity contribution in [2.24, 2.45) is 5.92 Å². The third-order valence-corrected chi connectivity index (χ3v) is 4.38. The van der Waals surface area contributed by atoms with Crippen molar-refractivity contribution in [2.75, 3.05) is 0 Å². The zero-order valence-corrected chi connectivity index (χ0v) is 12.6. The lowest BCUT2D eigenvalue weighted by Crippen LogP contribution is -2.21. The second kappa shape index (κ2) is 5.87. The first-order valence-electron chi connectivity index (χ1n) is 6.84. The van der Waals surface area contributed by atoms with E-state index in [9.17, 15) is 4.79 Å². The summed E-state index contributed by atoms with van der Waals surface area (Å²) in [5, 5.41) is 4.01. The van der Waals surface area contributed by atoms with Gasteiger partial charge in [-0.2, -0.15) is 4.98 Å². The van der Waals surface area contributed by atoms with Gasteiger partial charge >= 0.3 is 0 Å². The molecular weight excluding hydrogens is 320 g/mol. The number of hydrogen-bond acceptors (Lipinski definition) is 4. The number of ketones is 1. The molecule has 1 aromatic carbocycles. The van der Waals surface area contributed by atoms with E-state index in [-0.39, 0.29) is 5.92 Å². The quantitative estimate of drug-likeness (QED) is 0.856. The van der Waals surface area contributed by atoms with E-state index in [1.54, 1.807) is 0 Å². The Morgan fingerprint density at radius 1 is 1.30 bits per heavy atom. The van der Waals surface area contributed by atoms with E-state index in [0.29, 0.717) is 30.3 Å². The maximum absolute atomic E-state index is 11.8. The molecule has 1 fully saturated rings. The normalized spacial score (nSPS) is 19.2. The van der Waals surface area contributed by atoms with Gasteiger partial charge in [0.15, 0.2) is 0 Å². The van der Waals surface area contributed by atoms with Crippen molar-refractivity contribution in [3.05, 3.63) is 34.6 Å². The van der Waals surface area contributed by atoms with Gasteiger partial charge < -0.3 is 4.52 Å². The van der Waals surface area contributed by atoms with Gasteiger partial charge in [-0.25, -0.2) is 0 Å². The summed E-state index contributed by atoms with van der Waals surface area (Å²) in [6, 6.07) is 7.75. The van der Waals surface area contributed by atoms with Gasteiger partial charge in [-0.15, -0.1) is 0 Å². The number of benzene rings is 1. The van der Waals surface area contributed by atoms with Crippen molar-refractivity contribution in [3.63, 3.8) is 0 Å².